The van der Waals surface area contributed by atoms with Gasteiger partial charge in [-0.2, -0.15) is 0 Å². The number of hydrogen-bond acceptors (Lipinski definition) is 15. The monoisotopic (exact) mass is 1420 g/mol. The number of carbonyl (C=O) groups excluding carboxylic acids is 4. The molecule has 0 amide bonds. The van der Waals surface area contributed by atoms with Gasteiger partial charge in [0.1, 0.15) is 19.3 Å². The minimum Gasteiger partial charge on any atom is -0.462 e. The number of hydrogen-bond donors (Lipinski definition) is 3. The number of rotatable bonds is 76. The maximum atomic E-state index is 13.1. The highest BCUT2D eigenvalue weighted by atomic mass is 31.2. The van der Waals surface area contributed by atoms with Gasteiger partial charge in [0, 0.05) is 25.7 Å². The van der Waals surface area contributed by atoms with E-state index in [9.17, 15) is 43.2 Å². The lowest BCUT2D eigenvalue weighted by Gasteiger charge is -2.21. The van der Waals surface area contributed by atoms with Gasteiger partial charge in [-0.25, -0.2) is 9.13 Å². The van der Waals surface area contributed by atoms with E-state index in [1.54, 1.807) is 0 Å². The van der Waals surface area contributed by atoms with Crippen LogP contribution in [0.25, 0.3) is 0 Å². The number of aliphatic hydroxyl groups excluding tert-OH is 1. The van der Waals surface area contributed by atoms with Crippen molar-refractivity contribution >= 4 is 39.5 Å². The number of phosphoric ester groups is 2. The van der Waals surface area contributed by atoms with E-state index in [0.717, 1.165) is 108 Å². The van der Waals surface area contributed by atoms with E-state index >= 15 is 0 Å². The van der Waals surface area contributed by atoms with Crippen LogP contribution in [0.4, 0.5) is 0 Å². The molecule has 0 rings (SSSR count). The van der Waals surface area contributed by atoms with Crippen LogP contribution in [-0.2, 0) is 65.4 Å². The van der Waals surface area contributed by atoms with E-state index < -0.39 is 97.5 Å². The third kappa shape index (κ3) is 70.9. The Balaban J connectivity index is 5.21. The number of aliphatic hydroxyl groups is 1. The fourth-order valence-corrected chi connectivity index (χ4v) is 13.5. The summed E-state index contributed by atoms with van der Waals surface area (Å²) in [6, 6.07) is 0. The van der Waals surface area contributed by atoms with Gasteiger partial charge >= 0.3 is 39.5 Å². The average molecular weight is 1420 g/mol. The standard InChI is InChI=1S/C78H152O17P2/c1-8-10-11-12-13-14-15-16-17-18-19-20-21-22-23-24-29-32-38-47-54-61-77(82)94-73(65-88-75(80)59-52-45-37-31-28-26-25-27-30-35-42-49-56-69(3)4)67-92-96(84,85)90-63-72(79)64-91-97(86,87)93-68-74(66-89-76(81)60-53-46-41-40-43-50-57-70(5)6)95-78(83)62-55-48-39-34-33-36-44-51-58-71(7)9-2/h69-74,79H,8-68H2,1-7H3,(H,84,85)(H,86,87)/t71?,72-,73-,74-/m1/s1. The predicted octanol–water partition coefficient (Wildman–Crippen LogP) is 23.0. The van der Waals surface area contributed by atoms with Gasteiger partial charge in [-0.1, -0.05) is 350 Å². The average Bonchev–Trinajstić information content (AvgIpc) is 1.88. The minimum absolute atomic E-state index is 0.104. The summed E-state index contributed by atoms with van der Waals surface area (Å²) < 4.78 is 68.5. The van der Waals surface area contributed by atoms with Gasteiger partial charge in [-0.3, -0.25) is 37.3 Å². The van der Waals surface area contributed by atoms with Crippen LogP contribution >= 0.6 is 15.6 Å². The van der Waals surface area contributed by atoms with Crippen molar-refractivity contribution in [1.29, 1.82) is 0 Å². The number of esters is 4. The Bertz CT molecular complexity index is 1890. The van der Waals surface area contributed by atoms with Crippen molar-refractivity contribution in [3.63, 3.8) is 0 Å². The van der Waals surface area contributed by atoms with Crippen LogP contribution in [0, 0.1) is 17.8 Å². The van der Waals surface area contributed by atoms with E-state index in [0.29, 0.717) is 31.6 Å². The molecule has 0 radical (unpaired) electrons. The zero-order valence-corrected chi connectivity index (χ0v) is 65.3. The Morgan fingerprint density at radius 2 is 0.526 bits per heavy atom. The number of carbonyl (C=O) groups is 4. The van der Waals surface area contributed by atoms with Gasteiger partial charge in [0.05, 0.1) is 26.4 Å². The van der Waals surface area contributed by atoms with Crippen molar-refractivity contribution in [3.05, 3.63) is 0 Å². The van der Waals surface area contributed by atoms with Crippen LogP contribution in [0.15, 0.2) is 0 Å². The van der Waals surface area contributed by atoms with Gasteiger partial charge in [0.15, 0.2) is 12.2 Å². The summed E-state index contributed by atoms with van der Waals surface area (Å²) in [6.45, 7) is 11.8. The van der Waals surface area contributed by atoms with E-state index in [1.807, 2.05) is 0 Å². The van der Waals surface area contributed by atoms with Crippen LogP contribution < -0.4 is 0 Å². The van der Waals surface area contributed by atoms with Gasteiger partial charge < -0.3 is 33.8 Å². The lowest BCUT2D eigenvalue weighted by atomic mass is 9.99. The van der Waals surface area contributed by atoms with Crippen LogP contribution in [0.5, 0.6) is 0 Å². The third-order valence-corrected chi connectivity index (χ3v) is 20.4. The molecule has 19 heteroatoms. The van der Waals surface area contributed by atoms with Crippen molar-refractivity contribution in [2.75, 3.05) is 39.6 Å². The first-order chi connectivity index (χ1) is 46.8. The predicted molar refractivity (Wildman–Crippen MR) is 395 cm³/mol. The number of ether oxygens (including phenoxy) is 4. The molecule has 0 aromatic carbocycles. The quantitative estimate of drug-likeness (QED) is 0.0222. The van der Waals surface area contributed by atoms with Crippen LogP contribution in [0.1, 0.15) is 402 Å². The van der Waals surface area contributed by atoms with E-state index in [-0.39, 0.29) is 25.7 Å². The first kappa shape index (κ1) is 95.1. The molecule has 0 aromatic heterocycles. The summed E-state index contributed by atoms with van der Waals surface area (Å²) in [7, 11) is -9.91. The molecule has 3 N–H and O–H groups in total. The zero-order valence-electron chi connectivity index (χ0n) is 63.5. The third-order valence-electron chi connectivity index (χ3n) is 18.5. The van der Waals surface area contributed by atoms with Gasteiger partial charge in [0.2, 0.25) is 0 Å². The molecule has 97 heavy (non-hydrogen) atoms. The summed E-state index contributed by atoms with van der Waals surface area (Å²) >= 11 is 0. The molecule has 0 aliphatic carbocycles. The van der Waals surface area contributed by atoms with E-state index in [2.05, 4.69) is 48.5 Å². The van der Waals surface area contributed by atoms with Crippen molar-refractivity contribution in [2.45, 2.75) is 420 Å². The molecule has 0 bridgehead atoms. The molecule has 0 saturated heterocycles. The van der Waals surface area contributed by atoms with Gasteiger partial charge in [-0.15, -0.1) is 0 Å². The molecular formula is C78H152O17P2. The zero-order chi connectivity index (χ0) is 71.6. The summed E-state index contributed by atoms with van der Waals surface area (Å²) in [5.41, 5.74) is 0. The fourth-order valence-electron chi connectivity index (χ4n) is 11.9. The Kier molecular flexibility index (Phi) is 67.1. The van der Waals surface area contributed by atoms with Crippen molar-refractivity contribution in [3.8, 4) is 0 Å². The topological polar surface area (TPSA) is 237 Å². The van der Waals surface area contributed by atoms with Crippen LogP contribution in [0.3, 0.4) is 0 Å². The SMILES string of the molecule is CCCCCCCCCCCCCCCCCCCCCCCC(=O)O[C@H](COC(=O)CCCCCCCCCCCCCCC(C)C)COP(=O)(O)OC[C@@H](O)COP(=O)(O)OC[C@@H](COC(=O)CCCCCCCCC(C)C)OC(=O)CCCCCCCCCCC(C)CC. The molecular weight excluding hydrogens is 1270 g/mol. The molecule has 6 atom stereocenters. The molecule has 3 unspecified atom stereocenters. The number of phosphoric acid groups is 2. The highest BCUT2D eigenvalue weighted by Gasteiger charge is 2.30. The maximum Gasteiger partial charge on any atom is 0.472 e. The summed E-state index contributed by atoms with van der Waals surface area (Å²) in [5, 5.41) is 10.6. The summed E-state index contributed by atoms with van der Waals surface area (Å²) in [6.07, 6.45) is 55.8. The normalized spacial score (nSPS) is 14.3. The van der Waals surface area contributed by atoms with Crippen molar-refractivity contribution < 1.29 is 80.2 Å². The fraction of sp³-hybridized carbons (Fsp3) is 0.949. The van der Waals surface area contributed by atoms with E-state index in [4.69, 9.17) is 37.0 Å². The molecule has 0 aliphatic rings. The van der Waals surface area contributed by atoms with Crippen LogP contribution in [0.2, 0.25) is 0 Å². The first-order valence-corrected chi connectivity index (χ1v) is 43.4. The van der Waals surface area contributed by atoms with Gasteiger partial charge in [-0.05, 0) is 43.4 Å². The molecule has 0 fully saturated rings. The minimum atomic E-state index is -4.96. The van der Waals surface area contributed by atoms with Crippen molar-refractivity contribution in [1.82, 2.24) is 0 Å². The molecule has 0 saturated carbocycles. The molecule has 17 nitrogen and oxygen atoms in total. The molecule has 576 valence electrons. The maximum absolute atomic E-state index is 13.1. The first-order valence-electron chi connectivity index (χ1n) is 40.4. The number of unbranched alkanes of at least 4 members (excludes halogenated alkanes) is 43. The second-order valence-electron chi connectivity index (χ2n) is 29.3. The molecule has 0 spiro atoms. The molecule has 0 heterocycles. The lowest BCUT2D eigenvalue weighted by Crippen LogP contribution is -2.30. The summed E-state index contributed by atoms with van der Waals surface area (Å²) in [4.78, 5) is 72.8. The summed E-state index contributed by atoms with van der Waals surface area (Å²) in [5.74, 6) is 0.111. The Morgan fingerprint density at radius 1 is 0.299 bits per heavy atom. The smallest absolute Gasteiger partial charge is 0.462 e. The second kappa shape index (κ2) is 68.5. The Labute approximate surface area is 594 Å². The van der Waals surface area contributed by atoms with Crippen molar-refractivity contribution in [2.24, 2.45) is 17.8 Å². The van der Waals surface area contributed by atoms with Crippen LogP contribution in [-0.4, -0.2) is 96.7 Å². The highest BCUT2D eigenvalue weighted by molar-refractivity contribution is 7.47. The lowest BCUT2D eigenvalue weighted by molar-refractivity contribution is -0.161. The Hall–Kier alpha value is -1.94. The Morgan fingerprint density at radius 3 is 0.784 bits per heavy atom. The second-order valence-corrected chi connectivity index (χ2v) is 32.2. The van der Waals surface area contributed by atoms with Gasteiger partial charge in [0.25, 0.3) is 0 Å². The molecule has 0 aromatic rings. The highest BCUT2D eigenvalue weighted by Crippen LogP contribution is 2.45. The molecule has 0 aliphatic heterocycles. The van der Waals surface area contributed by atoms with E-state index in [1.165, 1.54) is 205 Å². The largest absolute Gasteiger partial charge is 0.472 e.